The van der Waals surface area contributed by atoms with E-state index in [-0.39, 0.29) is 5.97 Å². The highest BCUT2D eigenvalue weighted by atomic mass is 16.5. The summed E-state index contributed by atoms with van der Waals surface area (Å²) in [6, 6.07) is 0.690. The summed E-state index contributed by atoms with van der Waals surface area (Å²) < 4.78 is 4.66. The Balaban J connectivity index is 2.38. The van der Waals surface area contributed by atoms with Gasteiger partial charge in [0.15, 0.2) is 0 Å². The van der Waals surface area contributed by atoms with Crippen LogP contribution in [0.2, 0.25) is 0 Å². The molecule has 0 atom stereocenters. The van der Waals surface area contributed by atoms with E-state index >= 15 is 0 Å². The monoisotopic (exact) mass is 225 g/mol. The van der Waals surface area contributed by atoms with Gasteiger partial charge in [0.05, 0.1) is 7.11 Å². The zero-order valence-electron chi connectivity index (χ0n) is 10.7. The van der Waals surface area contributed by atoms with Gasteiger partial charge >= 0.3 is 5.97 Å². The van der Waals surface area contributed by atoms with Crippen LogP contribution >= 0.6 is 0 Å². The predicted octanol–water partition coefficient (Wildman–Crippen LogP) is 2.37. The van der Waals surface area contributed by atoms with Crippen molar-refractivity contribution in [2.75, 3.05) is 20.7 Å². The van der Waals surface area contributed by atoms with Gasteiger partial charge in [-0.3, -0.25) is 4.90 Å². The van der Waals surface area contributed by atoms with Crippen LogP contribution in [0.4, 0.5) is 0 Å². The van der Waals surface area contributed by atoms with E-state index in [1.165, 1.54) is 39.2 Å². The van der Waals surface area contributed by atoms with Gasteiger partial charge in [0.25, 0.3) is 0 Å². The number of ether oxygens (including phenoxy) is 1. The van der Waals surface area contributed by atoms with Crippen molar-refractivity contribution in [2.24, 2.45) is 0 Å². The van der Waals surface area contributed by atoms with Crippen molar-refractivity contribution in [3.8, 4) is 0 Å². The molecule has 0 unspecified atom stereocenters. The van der Waals surface area contributed by atoms with E-state index in [2.05, 4.69) is 16.7 Å². The van der Waals surface area contributed by atoms with Crippen LogP contribution in [0.5, 0.6) is 0 Å². The van der Waals surface area contributed by atoms with Gasteiger partial charge < -0.3 is 4.74 Å². The quantitative estimate of drug-likeness (QED) is 0.543. The zero-order valence-corrected chi connectivity index (χ0v) is 10.7. The Labute approximate surface area is 98.5 Å². The Morgan fingerprint density at radius 1 is 1.38 bits per heavy atom. The summed E-state index contributed by atoms with van der Waals surface area (Å²) >= 11 is 0. The second kappa shape index (κ2) is 6.69. The first-order valence-corrected chi connectivity index (χ1v) is 6.10. The Hall–Kier alpha value is -0.830. The van der Waals surface area contributed by atoms with Crippen molar-refractivity contribution in [2.45, 2.75) is 45.1 Å². The number of rotatable bonds is 4. The van der Waals surface area contributed by atoms with Gasteiger partial charge in [-0.05, 0) is 26.8 Å². The van der Waals surface area contributed by atoms with Gasteiger partial charge in [0.2, 0.25) is 0 Å². The summed E-state index contributed by atoms with van der Waals surface area (Å²) in [5, 5.41) is 0. The summed E-state index contributed by atoms with van der Waals surface area (Å²) in [6.07, 6.45) is 8.61. The first-order chi connectivity index (χ1) is 7.65. The number of esters is 1. The molecule has 0 radical (unpaired) electrons. The van der Waals surface area contributed by atoms with E-state index in [4.69, 9.17) is 0 Å². The Morgan fingerprint density at radius 3 is 2.56 bits per heavy atom. The van der Waals surface area contributed by atoms with Gasteiger partial charge in [0, 0.05) is 18.2 Å². The number of nitrogens with zero attached hydrogens (tertiary/aromatic N) is 1. The molecule has 0 amide bonds. The molecule has 1 fully saturated rings. The summed E-state index contributed by atoms with van der Waals surface area (Å²) in [6.45, 7) is 2.64. The molecular weight excluding hydrogens is 202 g/mol. The number of hydrogen-bond acceptors (Lipinski definition) is 3. The van der Waals surface area contributed by atoms with Crippen molar-refractivity contribution >= 4 is 5.97 Å². The van der Waals surface area contributed by atoms with Crippen LogP contribution < -0.4 is 0 Å². The number of carbonyl (C=O) groups is 1. The van der Waals surface area contributed by atoms with Crippen LogP contribution in [-0.4, -0.2) is 37.6 Å². The van der Waals surface area contributed by atoms with Crippen LogP contribution in [0.1, 0.15) is 39.0 Å². The van der Waals surface area contributed by atoms with Crippen LogP contribution in [0, 0.1) is 0 Å². The lowest BCUT2D eigenvalue weighted by Crippen LogP contribution is -2.33. The zero-order chi connectivity index (χ0) is 12.0. The highest BCUT2D eigenvalue weighted by molar-refractivity contribution is 5.87. The third-order valence-corrected chi connectivity index (χ3v) is 3.39. The number of methoxy groups -OCH3 is 1. The van der Waals surface area contributed by atoms with Gasteiger partial charge in [0.1, 0.15) is 0 Å². The van der Waals surface area contributed by atoms with Crippen molar-refractivity contribution in [1.82, 2.24) is 4.90 Å². The van der Waals surface area contributed by atoms with Gasteiger partial charge in [-0.25, -0.2) is 4.79 Å². The van der Waals surface area contributed by atoms with E-state index in [0.717, 1.165) is 6.54 Å². The van der Waals surface area contributed by atoms with E-state index in [0.29, 0.717) is 11.6 Å². The van der Waals surface area contributed by atoms with Gasteiger partial charge in [-0.15, -0.1) is 0 Å². The molecule has 0 aromatic carbocycles. The van der Waals surface area contributed by atoms with Crippen molar-refractivity contribution < 1.29 is 9.53 Å². The number of hydrogen-bond donors (Lipinski definition) is 0. The topological polar surface area (TPSA) is 29.5 Å². The SMILES string of the molecule is COC(=O)C(C)=CCN(C)C1CCCCC1. The van der Waals surface area contributed by atoms with Gasteiger partial charge in [-0.2, -0.15) is 0 Å². The number of likely N-dealkylation sites (N-methyl/N-ethyl adjacent to an activating group) is 1. The van der Waals surface area contributed by atoms with Crippen LogP contribution in [0.15, 0.2) is 11.6 Å². The minimum Gasteiger partial charge on any atom is -0.466 e. The molecule has 1 rings (SSSR count). The fourth-order valence-electron chi connectivity index (χ4n) is 2.20. The summed E-state index contributed by atoms with van der Waals surface area (Å²) in [5.74, 6) is -0.225. The summed E-state index contributed by atoms with van der Waals surface area (Å²) in [7, 11) is 3.56. The Bertz CT molecular complexity index is 255. The predicted molar refractivity (Wildman–Crippen MR) is 65.3 cm³/mol. The molecule has 0 N–H and O–H groups in total. The lowest BCUT2D eigenvalue weighted by molar-refractivity contribution is -0.136. The number of carbonyl (C=O) groups excluding carboxylic acids is 1. The third kappa shape index (κ3) is 3.97. The highest BCUT2D eigenvalue weighted by Gasteiger charge is 2.17. The molecule has 0 saturated heterocycles. The van der Waals surface area contributed by atoms with Crippen LogP contribution in [0.25, 0.3) is 0 Å². The summed E-state index contributed by atoms with van der Waals surface area (Å²) in [4.78, 5) is 13.5. The standard InChI is InChI=1S/C13H23NO2/c1-11(13(15)16-3)9-10-14(2)12-7-5-4-6-8-12/h9,12H,4-8,10H2,1-3H3. The Kier molecular flexibility index (Phi) is 5.53. The molecule has 16 heavy (non-hydrogen) atoms. The first-order valence-electron chi connectivity index (χ1n) is 6.10. The van der Waals surface area contributed by atoms with Crippen molar-refractivity contribution in [3.05, 3.63) is 11.6 Å². The molecule has 3 nitrogen and oxygen atoms in total. The van der Waals surface area contributed by atoms with E-state index < -0.39 is 0 Å². The van der Waals surface area contributed by atoms with E-state index in [1.807, 2.05) is 6.08 Å². The minimum absolute atomic E-state index is 0.225. The first kappa shape index (κ1) is 13.2. The fraction of sp³-hybridized carbons (Fsp3) is 0.769. The maximum absolute atomic E-state index is 11.2. The molecule has 3 heteroatoms. The molecule has 0 aliphatic heterocycles. The van der Waals surface area contributed by atoms with Crippen LogP contribution in [0.3, 0.4) is 0 Å². The maximum Gasteiger partial charge on any atom is 0.333 e. The largest absolute Gasteiger partial charge is 0.466 e. The third-order valence-electron chi connectivity index (χ3n) is 3.39. The van der Waals surface area contributed by atoms with Gasteiger partial charge in [-0.1, -0.05) is 25.3 Å². The maximum atomic E-state index is 11.2. The molecule has 0 heterocycles. The lowest BCUT2D eigenvalue weighted by Gasteiger charge is -2.30. The average Bonchev–Trinajstić information content (AvgIpc) is 2.35. The second-order valence-corrected chi connectivity index (χ2v) is 4.61. The molecule has 0 aromatic heterocycles. The molecule has 0 spiro atoms. The lowest BCUT2D eigenvalue weighted by atomic mass is 9.94. The van der Waals surface area contributed by atoms with Crippen molar-refractivity contribution in [1.29, 1.82) is 0 Å². The molecule has 0 bridgehead atoms. The molecular formula is C13H23NO2. The average molecular weight is 225 g/mol. The molecule has 0 aromatic rings. The molecule has 1 saturated carbocycles. The Morgan fingerprint density at radius 2 is 2.00 bits per heavy atom. The fourth-order valence-corrected chi connectivity index (χ4v) is 2.20. The van der Waals surface area contributed by atoms with E-state index in [9.17, 15) is 4.79 Å². The smallest absolute Gasteiger partial charge is 0.333 e. The molecule has 1 aliphatic carbocycles. The van der Waals surface area contributed by atoms with Crippen LogP contribution in [-0.2, 0) is 9.53 Å². The molecule has 92 valence electrons. The van der Waals surface area contributed by atoms with Crippen molar-refractivity contribution in [3.63, 3.8) is 0 Å². The van der Waals surface area contributed by atoms with E-state index in [1.54, 1.807) is 6.92 Å². The second-order valence-electron chi connectivity index (χ2n) is 4.61. The highest BCUT2D eigenvalue weighted by Crippen LogP contribution is 2.21. The normalized spacial score (nSPS) is 18.9. The summed E-state index contributed by atoms with van der Waals surface area (Å²) in [5.41, 5.74) is 0.699. The molecule has 1 aliphatic rings. The minimum atomic E-state index is -0.225.